The van der Waals surface area contributed by atoms with Crippen molar-refractivity contribution in [3.63, 3.8) is 0 Å². The van der Waals surface area contributed by atoms with Crippen molar-refractivity contribution in [3.8, 4) is 11.5 Å². The maximum atomic E-state index is 12.8. The van der Waals surface area contributed by atoms with E-state index in [1.807, 2.05) is 0 Å². The molecule has 0 amide bonds. The van der Waals surface area contributed by atoms with Crippen LogP contribution < -0.4 is 26.5 Å². The lowest BCUT2D eigenvalue weighted by molar-refractivity contribution is -0.385. The van der Waals surface area contributed by atoms with Crippen molar-refractivity contribution in [3.05, 3.63) is 90.6 Å². The second kappa shape index (κ2) is 9.16. The number of nitrogens with two attached hydrogens (primary N) is 1. The molecule has 0 unspecified atom stereocenters. The van der Waals surface area contributed by atoms with Gasteiger partial charge >= 0.3 is 11.4 Å². The summed E-state index contributed by atoms with van der Waals surface area (Å²) in [6.45, 7) is -0.652. The van der Waals surface area contributed by atoms with Crippen molar-refractivity contribution in [2.75, 3.05) is 19.5 Å². The Kier molecular flexibility index (Phi) is 6.38. The van der Waals surface area contributed by atoms with Crippen LogP contribution in [0, 0.1) is 10.1 Å². The number of anilines is 1. The molecule has 0 bridgehead atoms. The number of hydrogen-bond donors (Lipinski definition) is 1. The molecule has 1 aromatic heterocycles. The van der Waals surface area contributed by atoms with Crippen LogP contribution in [0.4, 0.5) is 11.5 Å². The zero-order valence-corrected chi connectivity index (χ0v) is 17.3. The van der Waals surface area contributed by atoms with Gasteiger partial charge in [-0.15, -0.1) is 0 Å². The maximum Gasteiger partial charge on any atom is 0.332 e. The van der Waals surface area contributed by atoms with Crippen LogP contribution in [0.1, 0.15) is 15.9 Å². The molecule has 0 saturated carbocycles. The Morgan fingerprint density at radius 2 is 1.84 bits per heavy atom. The number of nitrogen functional groups attached to an aromatic ring is 1. The number of benzene rings is 2. The summed E-state index contributed by atoms with van der Waals surface area (Å²) in [6.07, 6.45) is 0. The Hall–Kier alpha value is -4.41. The summed E-state index contributed by atoms with van der Waals surface area (Å²) < 4.78 is 12.2. The summed E-state index contributed by atoms with van der Waals surface area (Å²) in [4.78, 5) is 48.6. The zero-order valence-electron chi connectivity index (χ0n) is 17.3. The number of nitro groups is 1. The fourth-order valence-electron chi connectivity index (χ4n) is 3.07. The number of carbonyl (C=O) groups excluding carboxylic acids is 1. The van der Waals surface area contributed by atoms with Gasteiger partial charge in [0.05, 0.1) is 24.6 Å². The Labute approximate surface area is 181 Å². The molecule has 11 nitrogen and oxygen atoms in total. The molecule has 0 aliphatic heterocycles. The van der Waals surface area contributed by atoms with Crippen molar-refractivity contribution in [2.24, 2.45) is 7.05 Å². The third-order valence-electron chi connectivity index (χ3n) is 4.77. The molecule has 11 heteroatoms. The minimum atomic E-state index is -0.880. The summed E-state index contributed by atoms with van der Waals surface area (Å²) >= 11 is 0. The van der Waals surface area contributed by atoms with Crippen LogP contribution in [0.15, 0.2) is 58.1 Å². The first-order chi connectivity index (χ1) is 15.2. The van der Waals surface area contributed by atoms with Gasteiger partial charge in [0.15, 0.2) is 12.4 Å². The van der Waals surface area contributed by atoms with Crippen LogP contribution in [0.2, 0.25) is 0 Å². The van der Waals surface area contributed by atoms with Gasteiger partial charge in [-0.25, -0.2) is 4.79 Å². The minimum absolute atomic E-state index is 0.0463. The average Bonchev–Trinajstić information content (AvgIpc) is 2.79. The van der Waals surface area contributed by atoms with Crippen LogP contribution >= 0.6 is 0 Å². The number of Topliss-reactive ketones (excluding diaryl/α,β-unsaturated/α-hetero) is 1. The third kappa shape index (κ3) is 4.36. The number of nitrogens with zero attached hydrogens (tertiary/aromatic N) is 3. The van der Waals surface area contributed by atoms with Crippen LogP contribution in [-0.4, -0.2) is 33.6 Å². The van der Waals surface area contributed by atoms with Crippen molar-refractivity contribution in [2.45, 2.75) is 6.54 Å². The lowest BCUT2D eigenvalue weighted by Gasteiger charge is -2.15. The molecule has 0 radical (unpaired) electrons. The Bertz CT molecular complexity index is 1300. The number of ether oxygens (including phenoxy) is 2. The lowest BCUT2D eigenvalue weighted by Crippen LogP contribution is -2.43. The molecule has 0 spiro atoms. The predicted octanol–water partition coefficient (Wildman–Crippen LogP) is 1.36. The molecule has 0 aliphatic carbocycles. The molecule has 3 aromatic rings. The van der Waals surface area contributed by atoms with E-state index in [0.717, 1.165) is 20.8 Å². The van der Waals surface area contributed by atoms with E-state index in [1.165, 1.54) is 26.3 Å². The first-order valence-electron chi connectivity index (χ1n) is 9.36. The summed E-state index contributed by atoms with van der Waals surface area (Å²) in [6, 6.07) is 12.8. The van der Waals surface area contributed by atoms with Gasteiger partial charge in [-0.3, -0.25) is 28.8 Å². The van der Waals surface area contributed by atoms with E-state index in [9.17, 15) is 24.5 Å². The normalized spacial score (nSPS) is 10.6. The average molecular weight is 440 g/mol. The Morgan fingerprint density at radius 1 is 1.16 bits per heavy atom. The Balaban J connectivity index is 1.94. The van der Waals surface area contributed by atoms with Crippen molar-refractivity contribution < 1.29 is 19.2 Å². The van der Waals surface area contributed by atoms with Gasteiger partial charge < -0.3 is 15.2 Å². The summed E-state index contributed by atoms with van der Waals surface area (Å²) in [5.74, 6) is -1.08. The number of aromatic nitrogens is 2. The van der Waals surface area contributed by atoms with Crippen molar-refractivity contribution in [1.82, 2.24) is 9.13 Å². The molecular formula is C21H20N4O7. The lowest BCUT2D eigenvalue weighted by atomic mass is 10.2. The topological polar surface area (TPSA) is 149 Å². The van der Waals surface area contributed by atoms with E-state index in [-0.39, 0.29) is 23.9 Å². The summed E-state index contributed by atoms with van der Waals surface area (Å²) in [5.41, 5.74) is 4.37. The number of ketones is 1. The predicted molar refractivity (Wildman–Crippen MR) is 115 cm³/mol. The summed E-state index contributed by atoms with van der Waals surface area (Å²) in [7, 11) is 2.59. The van der Waals surface area contributed by atoms with E-state index in [1.54, 1.807) is 30.3 Å². The van der Waals surface area contributed by atoms with E-state index >= 15 is 0 Å². The standard InChI is InChI=1S/C21H20N4O7/c1-23-20(27)18(19(22)24(21(23)28)11-13-6-4-3-5-7-13)16(26)12-32-17-9-8-14(31-2)10-15(17)25(29)30/h3-10H,11-12,22H2,1-2H3. The van der Waals surface area contributed by atoms with Crippen molar-refractivity contribution >= 4 is 17.3 Å². The first-order valence-corrected chi connectivity index (χ1v) is 9.36. The van der Waals surface area contributed by atoms with Gasteiger partial charge in [0, 0.05) is 7.05 Å². The molecule has 1 heterocycles. The number of hydrogen-bond acceptors (Lipinski definition) is 8. The second-order valence-corrected chi connectivity index (χ2v) is 6.78. The smallest absolute Gasteiger partial charge is 0.332 e. The molecule has 0 saturated heterocycles. The SMILES string of the molecule is COc1ccc(OCC(=O)c2c(N)n(Cc3ccccc3)c(=O)n(C)c2=O)c([N+](=O)[O-])c1. The van der Waals surface area contributed by atoms with E-state index < -0.39 is 39.8 Å². The molecule has 2 N–H and O–H groups in total. The van der Waals surface area contributed by atoms with Gasteiger partial charge in [-0.05, 0) is 17.7 Å². The van der Waals surface area contributed by atoms with Gasteiger partial charge in [0.25, 0.3) is 5.56 Å². The highest BCUT2D eigenvalue weighted by molar-refractivity contribution is 6.00. The van der Waals surface area contributed by atoms with Gasteiger partial charge in [-0.2, -0.15) is 0 Å². The highest BCUT2D eigenvalue weighted by Gasteiger charge is 2.24. The molecule has 0 fully saturated rings. The maximum absolute atomic E-state index is 12.8. The monoisotopic (exact) mass is 440 g/mol. The highest BCUT2D eigenvalue weighted by Crippen LogP contribution is 2.31. The molecule has 0 aliphatic rings. The van der Waals surface area contributed by atoms with Crippen LogP contribution in [0.3, 0.4) is 0 Å². The van der Waals surface area contributed by atoms with Crippen molar-refractivity contribution in [1.29, 1.82) is 0 Å². The number of rotatable bonds is 8. The van der Waals surface area contributed by atoms with Crippen LogP contribution in [-0.2, 0) is 13.6 Å². The highest BCUT2D eigenvalue weighted by atomic mass is 16.6. The summed E-state index contributed by atoms with van der Waals surface area (Å²) in [5, 5.41) is 11.3. The molecular weight excluding hydrogens is 420 g/mol. The zero-order chi connectivity index (χ0) is 23.4. The van der Waals surface area contributed by atoms with Crippen LogP contribution in [0.5, 0.6) is 11.5 Å². The molecule has 32 heavy (non-hydrogen) atoms. The minimum Gasteiger partial charge on any atom is -0.496 e. The fourth-order valence-corrected chi connectivity index (χ4v) is 3.07. The van der Waals surface area contributed by atoms with Gasteiger partial charge in [0.1, 0.15) is 17.1 Å². The number of carbonyl (C=O) groups is 1. The van der Waals surface area contributed by atoms with Crippen LogP contribution in [0.25, 0.3) is 0 Å². The van der Waals surface area contributed by atoms with E-state index in [0.29, 0.717) is 0 Å². The molecule has 2 aromatic carbocycles. The number of nitro benzene ring substituents is 1. The second-order valence-electron chi connectivity index (χ2n) is 6.78. The third-order valence-corrected chi connectivity index (χ3v) is 4.77. The van der Waals surface area contributed by atoms with E-state index in [2.05, 4.69) is 0 Å². The Morgan fingerprint density at radius 3 is 2.47 bits per heavy atom. The number of methoxy groups -OCH3 is 1. The van der Waals surface area contributed by atoms with Gasteiger partial charge in [-0.1, -0.05) is 30.3 Å². The molecule has 3 rings (SSSR count). The van der Waals surface area contributed by atoms with E-state index in [4.69, 9.17) is 15.2 Å². The fraction of sp³-hybridized carbons (Fsp3) is 0.190. The largest absolute Gasteiger partial charge is 0.496 e. The first kappa shape index (κ1) is 22.3. The molecule has 0 atom stereocenters. The van der Waals surface area contributed by atoms with Gasteiger partial charge in [0.2, 0.25) is 5.78 Å². The molecule has 166 valence electrons. The quantitative estimate of drug-likeness (QED) is 0.313.